The van der Waals surface area contributed by atoms with Gasteiger partial charge in [-0.25, -0.2) is 9.78 Å². The molecule has 1 aromatic heterocycles. The normalized spacial score (nSPS) is 20.2. The Kier molecular flexibility index (Phi) is 9.08. The molecule has 3 aliphatic rings. The minimum Gasteiger partial charge on any atom is -0.477 e. The molecule has 4 N–H and O–H groups in total. The van der Waals surface area contributed by atoms with Crippen molar-refractivity contribution in [2.45, 2.75) is 11.4 Å². The van der Waals surface area contributed by atoms with Crippen LogP contribution in [0.4, 0.5) is 5.13 Å². The molecule has 18 heteroatoms. The summed E-state index contributed by atoms with van der Waals surface area (Å²) < 4.78 is 1.44. The van der Waals surface area contributed by atoms with E-state index in [2.05, 4.69) is 43.9 Å². The third-order valence-electron chi connectivity index (χ3n) is 5.16. The van der Waals surface area contributed by atoms with Crippen molar-refractivity contribution < 1.29 is 29.1 Å². The number of carbonyl (C=O) groups is 4. The topological polar surface area (TPSA) is 181 Å². The Morgan fingerprint density at radius 3 is 3.03 bits per heavy atom. The van der Waals surface area contributed by atoms with E-state index in [0.717, 1.165) is 11.3 Å². The lowest BCUT2D eigenvalue weighted by Gasteiger charge is -2.49. The van der Waals surface area contributed by atoms with Crippen molar-refractivity contribution in [1.82, 2.24) is 30.3 Å². The van der Waals surface area contributed by atoms with Gasteiger partial charge in [0.2, 0.25) is 6.41 Å². The van der Waals surface area contributed by atoms with E-state index in [1.165, 1.54) is 50.9 Å². The first-order chi connectivity index (χ1) is 18.9. The molecule has 3 amide bonds. The zero-order chi connectivity index (χ0) is 27.9. The maximum Gasteiger partial charge on any atom is 0.352 e. The average molecular weight is 592 g/mol. The molecule has 1 unspecified atom stereocenters. The van der Waals surface area contributed by atoms with Gasteiger partial charge in [-0.1, -0.05) is 23.7 Å². The van der Waals surface area contributed by atoms with E-state index in [1.807, 2.05) is 0 Å². The Morgan fingerprint density at radius 1 is 1.49 bits per heavy atom. The van der Waals surface area contributed by atoms with Gasteiger partial charge in [-0.15, -0.1) is 44.7 Å². The number of oxime groups is 1. The number of carboxylic acid groups (broad SMARTS) is 1. The number of hydrogen-bond donors (Lipinski definition) is 4. The fourth-order valence-electron chi connectivity index (χ4n) is 3.51. The van der Waals surface area contributed by atoms with Gasteiger partial charge in [0.1, 0.15) is 35.8 Å². The van der Waals surface area contributed by atoms with Crippen LogP contribution in [0.5, 0.6) is 0 Å². The van der Waals surface area contributed by atoms with Crippen molar-refractivity contribution in [2.24, 2.45) is 10.3 Å². The molecule has 0 bridgehead atoms. The van der Waals surface area contributed by atoms with Crippen LogP contribution in [0.1, 0.15) is 5.69 Å². The molecule has 4 rings (SSSR count). The van der Waals surface area contributed by atoms with Gasteiger partial charge in [0.25, 0.3) is 11.8 Å². The summed E-state index contributed by atoms with van der Waals surface area (Å²) in [5.74, 6) is 0.448. The number of carboxylic acids is 1. The van der Waals surface area contributed by atoms with E-state index in [9.17, 15) is 24.3 Å². The van der Waals surface area contributed by atoms with Crippen LogP contribution in [0.2, 0.25) is 0 Å². The molecule has 0 saturated carbocycles. The van der Waals surface area contributed by atoms with Crippen molar-refractivity contribution in [2.75, 3.05) is 30.0 Å². The van der Waals surface area contributed by atoms with Crippen LogP contribution in [0, 0.1) is 12.3 Å². The summed E-state index contributed by atoms with van der Waals surface area (Å²) in [6.45, 7) is 3.83. The molecule has 0 radical (unpaired) electrons. The van der Waals surface area contributed by atoms with Crippen LogP contribution in [0.15, 0.2) is 39.6 Å². The Labute approximate surface area is 234 Å². The van der Waals surface area contributed by atoms with Crippen LogP contribution >= 0.6 is 35.0 Å². The second-order valence-corrected chi connectivity index (χ2v) is 10.5. The summed E-state index contributed by atoms with van der Waals surface area (Å²) in [6.07, 6.45) is 8.66. The van der Waals surface area contributed by atoms with Crippen LogP contribution < -0.4 is 16.2 Å². The van der Waals surface area contributed by atoms with Crippen LogP contribution in [-0.2, 0) is 24.0 Å². The molecule has 1 aromatic rings. The van der Waals surface area contributed by atoms with Crippen LogP contribution in [-0.4, -0.2) is 96.8 Å². The minimum absolute atomic E-state index is 0.0166. The van der Waals surface area contributed by atoms with E-state index in [1.54, 1.807) is 5.01 Å². The van der Waals surface area contributed by atoms with Gasteiger partial charge in [0.15, 0.2) is 10.8 Å². The number of hydrazone groups is 1. The van der Waals surface area contributed by atoms with E-state index in [0.29, 0.717) is 24.3 Å². The highest BCUT2D eigenvalue weighted by atomic mass is 32.2. The van der Waals surface area contributed by atoms with Crippen molar-refractivity contribution in [3.8, 4) is 12.3 Å². The minimum atomic E-state index is -1.25. The third-order valence-corrected chi connectivity index (χ3v) is 8.17. The number of thiazole rings is 1. The standard InChI is InChI=1S/C21H21N9O6S3/c1-3-5-28-10-23-30(27-28)39-8-12-7-37-19-15(18(33)29(19)16(12)20(34)35)25-17(32)14(26-36-6-4-2)13-9-38-21(24-13)22-11-31/h1,4,9-11,15,19,27H,2,5-8H2,(H,25,32)(H,34,35)(H,22,24,31)/b26-14-/t15?,19-/m1/s1. The monoisotopic (exact) mass is 591 g/mol. The molecule has 39 heavy (non-hydrogen) atoms. The molecule has 2 atom stereocenters. The SMILES string of the molecule is C#CCN1C=NN(SCC2=C(C(=O)O)N3C(=O)C(NC(=O)/C(=N\OCC=C)c4csc(NC=O)n4)[C@H]3SC2)N1. The number of hydrazine groups is 2. The maximum atomic E-state index is 13.1. The van der Waals surface area contributed by atoms with Crippen molar-refractivity contribution in [3.05, 3.63) is 35.0 Å². The number of thioether (sulfide) groups is 1. The summed E-state index contributed by atoms with van der Waals surface area (Å²) in [6, 6.07) is -0.996. The average Bonchev–Trinajstić information content (AvgIpc) is 3.57. The number of anilines is 1. The number of rotatable bonds is 13. The van der Waals surface area contributed by atoms with Gasteiger partial charge in [0.05, 0.1) is 6.54 Å². The van der Waals surface area contributed by atoms with Crippen molar-refractivity contribution in [3.63, 3.8) is 0 Å². The van der Waals surface area contributed by atoms with Crippen LogP contribution in [0.25, 0.3) is 0 Å². The number of carbonyl (C=O) groups excluding carboxylic acids is 3. The third kappa shape index (κ3) is 6.17. The Bertz CT molecular complexity index is 1310. The second kappa shape index (κ2) is 12.7. The fourth-order valence-corrected chi connectivity index (χ4v) is 6.43. The van der Waals surface area contributed by atoms with Gasteiger partial charge in [-0.3, -0.25) is 24.3 Å². The molecule has 0 aromatic carbocycles. The van der Waals surface area contributed by atoms with Gasteiger partial charge in [0, 0.05) is 16.9 Å². The first-order valence-electron chi connectivity index (χ1n) is 11.0. The number of amides is 3. The molecule has 3 aliphatic heterocycles. The molecule has 204 valence electrons. The molecule has 0 aliphatic carbocycles. The summed E-state index contributed by atoms with van der Waals surface area (Å²) >= 11 is 3.59. The number of nitrogens with zero attached hydrogens (tertiary/aromatic N) is 6. The number of aromatic nitrogens is 1. The van der Waals surface area contributed by atoms with E-state index < -0.39 is 29.2 Å². The predicted octanol–water partition coefficient (Wildman–Crippen LogP) is -0.381. The molecule has 0 spiro atoms. The largest absolute Gasteiger partial charge is 0.477 e. The lowest BCUT2D eigenvalue weighted by Crippen LogP contribution is -2.71. The number of terminal acetylenes is 1. The van der Waals surface area contributed by atoms with E-state index in [4.69, 9.17) is 11.3 Å². The Morgan fingerprint density at radius 2 is 2.31 bits per heavy atom. The molecule has 15 nitrogen and oxygen atoms in total. The summed E-state index contributed by atoms with van der Waals surface area (Å²) in [5, 5.41) is 25.5. The molecular weight excluding hydrogens is 570 g/mol. The lowest BCUT2D eigenvalue weighted by atomic mass is 10.0. The smallest absolute Gasteiger partial charge is 0.352 e. The van der Waals surface area contributed by atoms with Crippen molar-refractivity contribution in [1.29, 1.82) is 0 Å². The number of β-lactam (4-membered cyclic amide) rings is 1. The molecule has 1 saturated heterocycles. The first-order valence-corrected chi connectivity index (χ1v) is 13.9. The Hall–Kier alpha value is -4.05. The van der Waals surface area contributed by atoms with Crippen molar-refractivity contribution >= 4 is 76.4 Å². The van der Waals surface area contributed by atoms with E-state index >= 15 is 0 Å². The number of nitrogens with one attached hydrogen (secondary N) is 3. The highest BCUT2D eigenvalue weighted by molar-refractivity contribution is 8.00. The van der Waals surface area contributed by atoms with Gasteiger partial charge in [-0.2, -0.15) is 0 Å². The summed E-state index contributed by atoms with van der Waals surface area (Å²) in [4.78, 5) is 59.4. The van der Waals surface area contributed by atoms with E-state index in [-0.39, 0.29) is 34.6 Å². The fraction of sp³-hybridized carbons (Fsp3) is 0.286. The molecular formula is C21H21N9O6S3. The number of aliphatic carboxylic acids is 1. The van der Waals surface area contributed by atoms with Gasteiger partial charge >= 0.3 is 5.97 Å². The molecule has 1 fully saturated rings. The Balaban J connectivity index is 1.44. The molecule has 4 heterocycles. The number of fused-ring (bicyclic) bond motifs is 1. The van der Waals surface area contributed by atoms with Gasteiger partial charge < -0.3 is 20.6 Å². The first kappa shape index (κ1) is 28.0. The zero-order valence-corrected chi connectivity index (χ0v) is 22.4. The second-order valence-electron chi connectivity index (χ2n) is 7.65. The summed E-state index contributed by atoms with van der Waals surface area (Å²) in [7, 11) is 0. The lowest BCUT2D eigenvalue weighted by molar-refractivity contribution is -0.150. The quantitative estimate of drug-likeness (QED) is 0.0342. The summed E-state index contributed by atoms with van der Waals surface area (Å²) in [5.41, 5.74) is 3.20. The highest BCUT2D eigenvalue weighted by Gasteiger charge is 2.54. The predicted molar refractivity (Wildman–Crippen MR) is 146 cm³/mol. The maximum absolute atomic E-state index is 13.1. The zero-order valence-electron chi connectivity index (χ0n) is 20.0. The van der Waals surface area contributed by atoms with Crippen LogP contribution in [0.3, 0.4) is 0 Å². The number of hydrogen-bond acceptors (Lipinski definition) is 14. The van der Waals surface area contributed by atoms with Gasteiger partial charge in [-0.05, 0) is 17.5 Å². The highest BCUT2D eigenvalue weighted by Crippen LogP contribution is 2.41.